The second kappa shape index (κ2) is 3.10. The molecular formula is C11H7NO2S. The Balaban J connectivity index is 2.26. The summed E-state index contributed by atoms with van der Waals surface area (Å²) in [4.78, 5) is 13.6. The highest BCUT2D eigenvalue weighted by molar-refractivity contribution is 7.08. The summed E-state index contributed by atoms with van der Waals surface area (Å²) in [5, 5.41) is 4.09. The second-order valence-electron chi connectivity index (χ2n) is 3.24. The van der Waals surface area contributed by atoms with Gasteiger partial charge in [-0.3, -0.25) is 4.98 Å². The molecule has 1 aromatic carbocycles. The zero-order valence-corrected chi connectivity index (χ0v) is 8.51. The van der Waals surface area contributed by atoms with Crippen LogP contribution < -0.4 is 5.76 Å². The molecule has 0 aliphatic rings. The van der Waals surface area contributed by atoms with Gasteiger partial charge in [-0.2, -0.15) is 11.3 Å². The molecule has 0 amide bonds. The van der Waals surface area contributed by atoms with Crippen LogP contribution in [0.15, 0.2) is 44.2 Å². The van der Waals surface area contributed by atoms with Gasteiger partial charge >= 0.3 is 5.76 Å². The monoisotopic (exact) mass is 217 g/mol. The van der Waals surface area contributed by atoms with Gasteiger partial charge in [0.15, 0.2) is 5.58 Å². The number of nitrogens with one attached hydrogen (secondary N) is 1. The Morgan fingerprint density at radius 3 is 2.93 bits per heavy atom. The molecular weight excluding hydrogens is 210 g/mol. The van der Waals surface area contributed by atoms with Crippen molar-refractivity contribution in [2.75, 3.05) is 0 Å². The van der Waals surface area contributed by atoms with Crippen LogP contribution in [0.3, 0.4) is 0 Å². The molecule has 2 aromatic heterocycles. The minimum absolute atomic E-state index is 0.410. The molecule has 0 radical (unpaired) electrons. The molecule has 4 heteroatoms. The van der Waals surface area contributed by atoms with Gasteiger partial charge in [-0.05, 0) is 40.1 Å². The minimum Gasteiger partial charge on any atom is -0.408 e. The number of hydrogen-bond donors (Lipinski definition) is 1. The van der Waals surface area contributed by atoms with Gasteiger partial charge in [-0.25, -0.2) is 4.79 Å². The third kappa shape index (κ3) is 1.39. The predicted octanol–water partition coefficient (Wildman–Crippen LogP) is 2.85. The lowest BCUT2D eigenvalue weighted by atomic mass is 10.1. The molecule has 74 valence electrons. The molecule has 3 nitrogen and oxygen atoms in total. The maximum atomic E-state index is 11.0. The van der Waals surface area contributed by atoms with Crippen molar-refractivity contribution in [3.05, 3.63) is 45.6 Å². The molecule has 0 bridgehead atoms. The van der Waals surface area contributed by atoms with E-state index in [1.165, 1.54) is 0 Å². The average Bonchev–Trinajstić information content (AvgIpc) is 2.82. The zero-order valence-electron chi connectivity index (χ0n) is 7.69. The number of rotatable bonds is 1. The van der Waals surface area contributed by atoms with E-state index < -0.39 is 5.76 Å². The van der Waals surface area contributed by atoms with Gasteiger partial charge in [0, 0.05) is 0 Å². The van der Waals surface area contributed by atoms with Crippen LogP contribution >= 0.6 is 11.3 Å². The predicted molar refractivity (Wildman–Crippen MR) is 60.1 cm³/mol. The Morgan fingerprint density at radius 2 is 2.13 bits per heavy atom. The molecule has 0 unspecified atom stereocenters. The van der Waals surface area contributed by atoms with Crippen molar-refractivity contribution < 1.29 is 4.42 Å². The highest BCUT2D eigenvalue weighted by Crippen LogP contribution is 2.24. The number of aromatic nitrogens is 1. The number of fused-ring (bicyclic) bond motifs is 1. The SMILES string of the molecule is O=c1[nH]c2cc(-c3ccsc3)ccc2o1. The Labute approximate surface area is 89.0 Å². The van der Waals surface area contributed by atoms with Crippen LogP contribution in [-0.4, -0.2) is 4.98 Å². The van der Waals surface area contributed by atoms with E-state index in [0.29, 0.717) is 5.58 Å². The number of hydrogen-bond acceptors (Lipinski definition) is 3. The van der Waals surface area contributed by atoms with Crippen molar-refractivity contribution in [1.82, 2.24) is 4.98 Å². The number of aromatic amines is 1. The van der Waals surface area contributed by atoms with Crippen molar-refractivity contribution in [2.24, 2.45) is 0 Å². The lowest BCUT2D eigenvalue weighted by Gasteiger charge is -1.95. The first kappa shape index (κ1) is 8.49. The van der Waals surface area contributed by atoms with Gasteiger partial charge in [-0.15, -0.1) is 0 Å². The van der Waals surface area contributed by atoms with Gasteiger partial charge in [-0.1, -0.05) is 6.07 Å². The summed E-state index contributed by atoms with van der Waals surface area (Å²) >= 11 is 1.65. The second-order valence-corrected chi connectivity index (χ2v) is 4.02. The Bertz CT molecular complexity index is 649. The van der Waals surface area contributed by atoms with E-state index >= 15 is 0 Å². The van der Waals surface area contributed by atoms with E-state index in [2.05, 4.69) is 10.4 Å². The lowest BCUT2D eigenvalue weighted by molar-refractivity contribution is 0.555. The molecule has 0 fully saturated rings. The molecule has 15 heavy (non-hydrogen) atoms. The molecule has 0 aliphatic heterocycles. The van der Waals surface area contributed by atoms with E-state index in [0.717, 1.165) is 16.6 Å². The summed E-state index contributed by atoms with van der Waals surface area (Å²) in [5.74, 6) is -0.410. The highest BCUT2D eigenvalue weighted by Gasteiger charge is 2.03. The van der Waals surface area contributed by atoms with Crippen molar-refractivity contribution in [3.8, 4) is 11.1 Å². The van der Waals surface area contributed by atoms with E-state index in [4.69, 9.17) is 4.42 Å². The molecule has 0 atom stereocenters. The number of benzene rings is 1. The number of oxazole rings is 1. The number of H-pyrrole nitrogens is 1. The first-order valence-corrected chi connectivity index (χ1v) is 5.43. The minimum atomic E-state index is -0.410. The van der Waals surface area contributed by atoms with Crippen LogP contribution in [0.4, 0.5) is 0 Å². The summed E-state index contributed by atoms with van der Waals surface area (Å²) in [6.45, 7) is 0. The summed E-state index contributed by atoms with van der Waals surface area (Å²) in [7, 11) is 0. The standard InChI is InChI=1S/C11H7NO2S/c13-11-12-9-5-7(1-2-10(9)14-11)8-3-4-15-6-8/h1-6H,(H,12,13). The normalized spacial score (nSPS) is 10.9. The van der Waals surface area contributed by atoms with Crippen molar-refractivity contribution >= 4 is 22.4 Å². The Kier molecular flexibility index (Phi) is 1.76. The fourth-order valence-corrected chi connectivity index (χ4v) is 2.23. The van der Waals surface area contributed by atoms with Gasteiger partial charge in [0.05, 0.1) is 5.52 Å². The van der Waals surface area contributed by atoms with Gasteiger partial charge in [0.2, 0.25) is 0 Å². The first-order valence-electron chi connectivity index (χ1n) is 4.48. The summed E-state index contributed by atoms with van der Waals surface area (Å²) in [5.41, 5.74) is 3.58. The molecule has 0 aliphatic carbocycles. The van der Waals surface area contributed by atoms with Crippen LogP contribution in [0, 0.1) is 0 Å². The molecule has 0 saturated heterocycles. The summed E-state index contributed by atoms with van der Waals surface area (Å²) < 4.78 is 4.93. The van der Waals surface area contributed by atoms with E-state index in [1.807, 2.05) is 23.6 Å². The Morgan fingerprint density at radius 1 is 1.20 bits per heavy atom. The summed E-state index contributed by atoms with van der Waals surface area (Å²) in [6.07, 6.45) is 0. The third-order valence-electron chi connectivity index (χ3n) is 2.27. The highest BCUT2D eigenvalue weighted by atomic mass is 32.1. The quantitative estimate of drug-likeness (QED) is 0.681. The maximum Gasteiger partial charge on any atom is 0.417 e. The van der Waals surface area contributed by atoms with E-state index in [1.54, 1.807) is 17.4 Å². The van der Waals surface area contributed by atoms with Crippen LogP contribution in [0.1, 0.15) is 0 Å². The van der Waals surface area contributed by atoms with Crippen molar-refractivity contribution in [2.45, 2.75) is 0 Å². The van der Waals surface area contributed by atoms with Crippen molar-refractivity contribution in [1.29, 1.82) is 0 Å². The molecule has 1 N–H and O–H groups in total. The Hall–Kier alpha value is -1.81. The van der Waals surface area contributed by atoms with E-state index in [-0.39, 0.29) is 0 Å². The topological polar surface area (TPSA) is 46.0 Å². The lowest BCUT2D eigenvalue weighted by Crippen LogP contribution is -1.92. The molecule has 0 spiro atoms. The molecule has 3 rings (SSSR count). The number of thiophene rings is 1. The van der Waals surface area contributed by atoms with Gasteiger partial charge in [0.25, 0.3) is 0 Å². The zero-order chi connectivity index (χ0) is 10.3. The van der Waals surface area contributed by atoms with Crippen LogP contribution in [0.5, 0.6) is 0 Å². The van der Waals surface area contributed by atoms with E-state index in [9.17, 15) is 4.79 Å². The third-order valence-corrected chi connectivity index (χ3v) is 2.96. The van der Waals surface area contributed by atoms with Crippen LogP contribution in [0.2, 0.25) is 0 Å². The summed E-state index contributed by atoms with van der Waals surface area (Å²) in [6, 6.07) is 7.72. The smallest absolute Gasteiger partial charge is 0.408 e. The fraction of sp³-hybridized carbons (Fsp3) is 0. The van der Waals surface area contributed by atoms with Gasteiger partial charge < -0.3 is 4.42 Å². The molecule has 0 saturated carbocycles. The molecule has 3 aromatic rings. The van der Waals surface area contributed by atoms with Gasteiger partial charge in [0.1, 0.15) is 0 Å². The maximum absolute atomic E-state index is 11.0. The molecule has 2 heterocycles. The van der Waals surface area contributed by atoms with Crippen LogP contribution in [-0.2, 0) is 0 Å². The average molecular weight is 217 g/mol. The first-order chi connectivity index (χ1) is 7.33. The van der Waals surface area contributed by atoms with Crippen LogP contribution in [0.25, 0.3) is 22.2 Å². The fourth-order valence-electron chi connectivity index (χ4n) is 1.56. The van der Waals surface area contributed by atoms with Crippen molar-refractivity contribution in [3.63, 3.8) is 0 Å². The largest absolute Gasteiger partial charge is 0.417 e.